The molecule has 2 N–H and O–H groups in total. The van der Waals surface area contributed by atoms with Crippen LogP contribution < -0.4 is 5.73 Å². The molecular formula is C15H22N2O3. The highest BCUT2D eigenvalue weighted by Crippen LogP contribution is 2.15. The number of primary amides is 1. The molecule has 20 heavy (non-hydrogen) atoms. The Morgan fingerprint density at radius 1 is 1.20 bits per heavy atom. The third-order valence-electron chi connectivity index (χ3n) is 2.67. The maximum Gasteiger partial charge on any atom is 0.248 e. The SMILES string of the molecule is CC.CC1CC(=O)N(C)C1=O.NC(=O)c1ccccc1. The summed E-state index contributed by atoms with van der Waals surface area (Å²) in [5.41, 5.74) is 5.53. The van der Waals surface area contributed by atoms with Crippen molar-refractivity contribution in [2.24, 2.45) is 11.7 Å². The first-order chi connectivity index (χ1) is 9.43. The van der Waals surface area contributed by atoms with Crippen molar-refractivity contribution in [2.45, 2.75) is 27.2 Å². The Bertz CT molecular complexity index is 457. The molecule has 1 aromatic carbocycles. The second-order valence-corrected chi connectivity index (χ2v) is 4.13. The number of nitrogens with zero attached hydrogens (tertiary/aromatic N) is 1. The molecular weight excluding hydrogens is 256 g/mol. The molecule has 0 radical (unpaired) electrons. The van der Waals surface area contributed by atoms with Crippen LogP contribution in [0.5, 0.6) is 0 Å². The molecule has 1 fully saturated rings. The first kappa shape index (κ1) is 17.8. The van der Waals surface area contributed by atoms with Crippen molar-refractivity contribution < 1.29 is 14.4 Å². The number of imide groups is 1. The predicted molar refractivity (Wildman–Crippen MR) is 77.9 cm³/mol. The van der Waals surface area contributed by atoms with E-state index in [0.29, 0.717) is 12.0 Å². The number of hydrogen-bond acceptors (Lipinski definition) is 3. The van der Waals surface area contributed by atoms with Crippen LogP contribution in [0.25, 0.3) is 0 Å². The van der Waals surface area contributed by atoms with Crippen molar-refractivity contribution >= 4 is 17.7 Å². The van der Waals surface area contributed by atoms with Gasteiger partial charge in [0, 0.05) is 24.9 Å². The van der Waals surface area contributed by atoms with Crippen LogP contribution in [0.15, 0.2) is 30.3 Å². The molecule has 0 aromatic heterocycles. The molecule has 5 heteroatoms. The molecule has 1 aliphatic heterocycles. The third-order valence-corrected chi connectivity index (χ3v) is 2.67. The number of carbonyl (C=O) groups excluding carboxylic acids is 3. The Kier molecular flexibility index (Phi) is 7.89. The number of likely N-dealkylation sites (tertiary alicyclic amines) is 1. The quantitative estimate of drug-likeness (QED) is 0.796. The van der Waals surface area contributed by atoms with Crippen LogP contribution >= 0.6 is 0 Å². The van der Waals surface area contributed by atoms with Crippen LogP contribution in [-0.4, -0.2) is 29.7 Å². The highest BCUT2D eigenvalue weighted by atomic mass is 16.2. The Labute approximate surface area is 119 Å². The molecule has 3 amide bonds. The molecule has 1 saturated heterocycles. The summed E-state index contributed by atoms with van der Waals surface area (Å²) in [4.78, 5) is 33.1. The second-order valence-electron chi connectivity index (χ2n) is 4.13. The van der Waals surface area contributed by atoms with Gasteiger partial charge in [-0.25, -0.2) is 0 Å². The van der Waals surface area contributed by atoms with E-state index in [2.05, 4.69) is 0 Å². The van der Waals surface area contributed by atoms with Crippen molar-refractivity contribution in [1.82, 2.24) is 4.90 Å². The van der Waals surface area contributed by atoms with E-state index in [9.17, 15) is 14.4 Å². The predicted octanol–water partition coefficient (Wildman–Crippen LogP) is 1.82. The lowest BCUT2D eigenvalue weighted by Gasteiger charge is -2.03. The lowest BCUT2D eigenvalue weighted by Crippen LogP contribution is -2.24. The average molecular weight is 278 g/mol. The summed E-state index contributed by atoms with van der Waals surface area (Å²) in [6.45, 7) is 5.77. The van der Waals surface area contributed by atoms with Gasteiger partial charge >= 0.3 is 0 Å². The molecule has 1 unspecified atom stereocenters. The van der Waals surface area contributed by atoms with Gasteiger partial charge in [-0.3, -0.25) is 19.3 Å². The number of benzene rings is 1. The molecule has 5 nitrogen and oxygen atoms in total. The summed E-state index contributed by atoms with van der Waals surface area (Å²) >= 11 is 0. The van der Waals surface area contributed by atoms with E-state index in [0.717, 1.165) is 0 Å². The zero-order valence-electron chi connectivity index (χ0n) is 12.4. The van der Waals surface area contributed by atoms with Crippen LogP contribution in [0, 0.1) is 5.92 Å². The van der Waals surface area contributed by atoms with Gasteiger partial charge in [0.1, 0.15) is 0 Å². The lowest BCUT2D eigenvalue weighted by molar-refractivity contribution is -0.137. The second kappa shape index (κ2) is 8.85. The minimum atomic E-state index is -0.379. The first-order valence-electron chi connectivity index (χ1n) is 6.58. The number of carbonyl (C=O) groups is 3. The molecule has 0 saturated carbocycles. The number of nitrogens with two attached hydrogens (primary N) is 1. The topological polar surface area (TPSA) is 80.5 Å². The molecule has 0 spiro atoms. The fourth-order valence-corrected chi connectivity index (χ4v) is 1.54. The van der Waals surface area contributed by atoms with E-state index in [4.69, 9.17) is 5.73 Å². The van der Waals surface area contributed by atoms with Gasteiger partial charge in [0.25, 0.3) is 0 Å². The molecule has 110 valence electrons. The Balaban J connectivity index is 0.000000321. The molecule has 1 aromatic rings. The van der Waals surface area contributed by atoms with Crippen molar-refractivity contribution in [2.75, 3.05) is 7.05 Å². The van der Waals surface area contributed by atoms with Gasteiger partial charge in [-0.1, -0.05) is 39.0 Å². The zero-order chi connectivity index (χ0) is 15.7. The van der Waals surface area contributed by atoms with Crippen LogP contribution in [0.4, 0.5) is 0 Å². The van der Waals surface area contributed by atoms with Crippen LogP contribution in [0.1, 0.15) is 37.6 Å². The van der Waals surface area contributed by atoms with E-state index in [-0.39, 0.29) is 23.6 Å². The van der Waals surface area contributed by atoms with Gasteiger partial charge in [-0.05, 0) is 12.1 Å². The highest BCUT2D eigenvalue weighted by Gasteiger charge is 2.32. The van der Waals surface area contributed by atoms with Crippen molar-refractivity contribution in [3.63, 3.8) is 0 Å². The van der Waals surface area contributed by atoms with Gasteiger partial charge in [0.2, 0.25) is 17.7 Å². The molecule has 2 rings (SSSR count). The van der Waals surface area contributed by atoms with E-state index in [1.807, 2.05) is 19.9 Å². The third kappa shape index (κ3) is 5.22. The van der Waals surface area contributed by atoms with Crippen LogP contribution in [0.3, 0.4) is 0 Å². The summed E-state index contributed by atoms with van der Waals surface area (Å²) in [5.74, 6) is -0.592. The normalized spacial score (nSPS) is 16.8. The van der Waals surface area contributed by atoms with Gasteiger partial charge in [-0.2, -0.15) is 0 Å². The van der Waals surface area contributed by atoms with Crippen molar-refractivity contribution in [3.8, 4) is 0 Å². The smallest absolute Gasteiger partial charge is 0.248 e. The van der Waals surface area contributed by atoms with Crippen LogP contribution in [0.2, 0.25) is 0 Å². The molecule has 0 aliphatic carbocycles. The van der Waals surface area contributed by atoms with Gasteiger partial charge < -0.3 is 5.73 Å². The van der Waals surface area contributed by atoms with Gasteiger partial charge in [0.05, 0.1) is 0 Å². The molecule has 1 heterocycles. The molecule has 1 atom stereocenters. The van der Waals surface area contributed by atoms with Gasteiger partial charge in [0.15, 0.2) is 0 Å². The fourth-order valence-electron chi connectivity index (χ4n) is 1.54. The minimum Gasteiger partial charge on any atom is -0.366 e. The van der Waals surface area contributed by atoms with Crippen LogP contribution in [-0.2, 0) is 9.59 Å². The highest BCUT2D eigenvalue weighted by molar-refractivity contribution is 6.02. The van der Waals surface area contributed by atoms with Crippen molar-refractivity contribution in [1.29, 1.82) is 0 Å². The first-order valence-corrected chi connectivity index (χ1v) is 6.58. The monoisotopic (exact) mass is 278 g/mol. The van der Waals surface area contributed by atoms with E-state index < -0.39 is 0 Å². The largest absolute Gasteiger partial charge is 0.366 e. The molecule has 1 aliphatic rings. The Morgan fingerprint density at radius 3 is 1.90 bits per heavy atom. The summed E-state index contributed by atoms with van der Waals surface area (Å²) in [6, 6.07) is 8.76. The van der Waals surface area contributed by atoms with E-state index in [1.165, 1.54) is 11.9 Å². The maximum atomic E-state index is 10.8. The fraction of sp³-hybridized carbons (Fsp3) is 0.400. The van der Waals surface area contributed by atoms with E-state index in [1.54, 1.807) is 31.2 Å². The minimum absolute atomic E-state index is 0.0556. The standard InChI is InChI=1S/C7H7NO.C6H9NO2.C2H6/c8-7(9)6-4-2-1-3-5-6;1-4-3-5(8)7(2)6(4)9;1-2/h1-5H,(H2,8,9);4H,3H2,1-2H3;1-2H3. The number of rotatable bonds is 1. The maximum absolute atomic E-state index is 10.8. The summed E-state index contributed by atoms with van der Waals surface area (Å²) in [7, 11) is 1.52. The lowest BCUT2D eigenvalue weighted by atomic mass is 10.1. The summed E-state index contributed by atoms with van der Waals surface area (Å²) in [5, 5.41) is 0. The summed E-state index contributed by atoms with van der Waals surface area (Å²) in [6.07, 6.45) is 0.384. The van der Waals surface area contributed by atoms with Crippen molar-refractivity contribution in [3.05, 3.63) is 35.9 Å². The molecule has 0 bridgehead atoms. The summed E-state index contributed by atoms with van der Waals surface area (Å²) < 4.78 is 0. The number of amides is 3. The zero-order valence-corrected chi connectivity index (χ0v) is 12.4. The van der Waals surface area contributed by atoms with Gasteiger partial charge in [-0.15, -0.1) is 0 Å². The van der Waals surface area contributed by atoms with E-state index >= 15 is 0 Å². The average Bonchev–Trinajstić information content (AvgIpc) is 2.69. The number of hydrogen-bond donors (Lipinski definition) is 1. The Morgan fingerprint density at radius 2 is 1.70 bits per heavy atom. The Hall–Kier alpha value is -2.17.